The largest absolute Gasteiger partial charge is 0.394 e. The highest BCUT2D eigenvalue weighted by Crippen LogP contribution is 2.30. The predicted octanol–water partition coefficient (Wildman–Crippen LogP) is 3.45. The van der Waals surface area contributed by atoms with Crippen molar-refractivity contribution in [3.05, 3.63) is 35.9 Å². The number of carbonyl (C=O) groups excluding carboxylic acids is 1. The van der Waals surface area contributed by atoms with E-state index in [1.165, 1.54) is 0 Å². The summed E-state index contributed by atoms with van der Waals surface area (Å²) in [6.45, 7) is 4.26. The van der Waals surface area contributed by atoms with E-state index < -0.39 is 5.60 Å². The fourth-order valence-corrected chi connectivity index (χ4v) is 2.33. The summed E-state index contributed by atoms with van der Waals surface area (Å²) >= 11 is 0. The van der Waals surface area contributed by atoms with Crippen LogP contribution in [0.15, 0.2) is 30.3 Å². The minimum Gasteiger partial charge on any atom is -0.394 e. The number of aliphatic hydroxyl groups is 1. The van der Waals surface area contributed by atoms with Crippen LogP contribution in [0.1, 0.15) is 51.5 Å². The van der Waals surface area contributed by atoms with Crippen molar-refractivity contribution < 1.29 is 14.6 Å². The lowest BCUT2D eigenvalue weighted by molar-refractivity contribution is -0.128. The van der Waals surface area contributed by atoms with Crippen molar-refractivity contribution >= 4 is 5.78 Å². The topological polar surface area (TPSA) is 46.5 Å². The molecule has 112 valence electrons. The van der Waals surface area contributed by atoms with E-state index in [0.29, 0.717) is 12.8 Å². The Morgan fingerprint density at radius 3 is 2.55 bits per heavy atom. The van der Waals surface area contributed by atoms with E-state index in [4.69, 9.17) is 9.84 Å². The van der Waals surface area contributed by atoms with Crippen molar-refractivity contribution in [2.75, 3.05) is 13.2 Å². The van der Waals surface area contributed by atoms with E-state index >= 15 is 0 Å². The highest BCUT2D eigenvalue weighted by Gasteiger charge is 2.30. The van der Waals surface area contributed by atoms with Gasteiger partial charge < -0.3 is 9.84 Å². The number of rotatable bonds is 10. The van der Waals surface area contributed by atoms with Crippen LogP contribution in [0.2, 0.25) is 0 Å². The third-order valence-electron chi connectivity index (χ3n) is 3.49. The van der Waals surface area contributed by atoms with E-state index in [9.17, 15) is 4.79 Å². The molecule has 20 heavy (non-hydrogen) atoms. The average Bonchev–Trinajstić information content (AvgIpc) is 2.46. The van der Waals surface area contributed by atoms with Crippen LogP contribution < -0.4 is 0 Å². The standard InChI is InChI=1S/C17H26O3/c1-3-4-6-11-16(19)14-17(2,20-13-12-18)15-9-7-5-8-10-15/h5,7-10,18H,3-4,6,11-14H2,1-2H3. The maximum atomic E-state index is 12.1. The van der Waals surface area contributed by atoms with Gasteiger partial charge in [0.25, 0.3) is 0 Å². The lowest BCUT2D eigenvalue weighted by Crippen LogP contribution is -2.30. The fourth-order valence-electron chi connectivity index (χ4n) is 2.33. The minimum atomic E-state index is -0.646. The number of carbonyl (C=O) groups is 1. The van der Waals surface area contributed by atoms with Crippen molar-refractivity contribution in [1.29, 1.82) is 0 Å². The number of ether oxygens (including phenoxy) is 1. The summed E-state index contributed by atoms with van der Waals surface area (Å²) in [6, 6.07) is 9.77. The van der Waals surface area contributed by atoms with Crippen LogP contribution in [-0.4, -0.2) is 24.1 Å². The Hall–Kier alpha value is -1.19. The van der Waals surface area contributed by atoms with Crippen molar-refractivity contribution in [1.82, 2.24) is 0 Å². The SMILES string of the molecule is CCCCCC(=O)CC(C)(OCCO)c1ccccc1. The van der Waals surface area contributed by atoms with Crippen LogP contribution in [-0.2, 0) is 15.1 Å². The van der Waals surface area contributed by atoms with Crippen molar-refractivity contribution in [3.8, 4) is 0 Å². The number of ketones is 1. The van der Waals surface area contributed by atoms with Crippen LogP contribution in [0.25, 0.3) is 0 Å². The molecule has 1 aromatic carbocycles. The normalized spacial score (nSPS) is 13.9. The molecule has 0 aliphatic heterocycles. The molecule has 3 nitrogen and oxygen atoms in total. The zero-order valence-corrected chi connectivity index (χ0v) is 12.6. The van der Waals surface area contributed by atoms with E-state index in [-0.39, 0.29) is 19.0 Å². The molecule has 1 N–H and O–H groups in total. The van der Waals surface area contributed by atoms with E-state index in [1.54, 1.807) is 0 Å². The van der Waals surface area contributed by atoms with Crippen LogP contribution in [0.4, 0.5) is 0 Å². The highest BCUT2D eigenvalue weighted by atomic mass is 16.5. The van der Waals surface area contributed by atoms with E-state index in [1.807, 2.05) is 37.3 Å². The first-order chi connectivity index (χ1) is 9.62. The van der Waals surface area contributed by atoms with Gasteiger partial charge in [-0.2, -0.15) is 0 Å². The fraction of sp³-hybridized carbons (Fsp3) is 0.588. The van der Waals surface area contributed by atoms with Crippen LogP contribution in [0, 0.1) is 0 Å². The first kappa shape index (κ1) is 16.9. The van der Waals surface area contributed by atoms with Gasteiger partial charge in [-0.25, -0.2) is 0 Å². The zero-order chi connectivity index (χ0) is 14.8. The Labute approximate surface area is 122 Å². The Kier molecular flexibility index (Phi) is 7.48. The van der Waals surface area contributed by atoms with Gasteiger partial charge in [-0.3, -0.25) is 4.79 Å². The molecule has 0 fully saturated rings. The summed E-state index contributed by atoms with van der Waals surface area (Å²) < 4.78 is 5.77. The lowest BCUT2D eigenvalue weighted by atomic mass is 9.89. The van der Waals surface area contributed by atoms with Crippen LogP contribution in [0.3, 0.4) is 0 Å². The van der Waals surface area contributed by atoms with Gasteiger partial charge in [-0.1, -0.05) is 50.1 Å². The van der Waals surface area contributed by atoms with Crippen LogP contribution >= 0.6 is 0 Å². The second-order valence-electron chi connectivity index (χ2n) is 5.34. The van der Waals surface area contributed by atoms with Gasteiger partial charge in [0.05, 0.1) is 18.8 Å². The maximum absolute atomic E-state index is 12.1. The summed E-state index contributed by atoms with van der Waals surface area (Å²) in [5.41, 5.74) is 0.338. The van der Waals surface area contributed by atoms with Gasteiger partial charge >= 0.3 is 0 Å². The quantitative estimate of drug-likeness (QED) is 0.667. The molecule has 0 saturated carbocycles. The summed E-state index contributed by atoms with van der Waals surface area (Å²) in [5.74, 6) is 0.225. The van der Waals surface area contributed by atoms with Crippen LogP contribution in [0.5, 0.6) is 0 Å². The predicted molar refractivity (Wildman–Crippen MR) is 80.6 cm³/mol. The molecule has 3 heteroatoms. The molecule has 1 atom stereocenters. The first-order valence-corrected chi connectivity index (χ1v) is 7.44. The summed E-state index contributed by atoms with van der Waals surface area (Å²) in [7, 11) is 0. The molecular formula is C17H26O3. The number of benzene rings is 1. The number of aliphatic hydroxyl groups excluding tert-OH is 1. The Morgan fingerprint density at radius 1 is 1.25 bits per heavy atom. The third kappa shape index (κ3) is 5.43. The average molecular weight is 278 g/mol. The number of unbranched alkanes of at least 4 members (excludes halogenated alkanes) is 2. The summed E-state index contributed by atoms with van der Waals surface area (Å²) in [6.07, 6.45) is 4.12. The number of hydrogen-bond acceptors (Lipinski definition) is 3. The minimum absolute atomic E-state index is 0.0353. The molecule has 0 saturated heterocycles. The molecule has 0 amide bonds. The molecule has 1 aromatic rings. The molecule has 0 aliphatic rings. The molecule has 1 unspecified atom stereocenters. The van der Waals surface area contributed by atoms with Gasteiger partial charge in [0.1, 0.15) is 5.78 Å². The maximum Gasteiger partial charge on any atom is 0.136 e. The van der Waals surface area contributed by atoms with Gasteiger partial charge in [-0.15, -0.1) is 0 Å². The van der Waals surface area contributed by atoms with E-state index in [2.05, 4.69) is 6.92 Å². The molecule has 1 rings (SSSR count). The molecule has 0 bridgehead atoms. The second-order valence-corrected chi connectivity index (χ2v) is 5.34. The van der Waals surface area contributed by atoms with Crippen molar-refractivity contribution in [3.63, 3.8) is 0 Å². The Morgan fingerprint density at radius 2 is 1.95 bits per heavy atom. The highest BCUT2D eigenvalue weighted by molar-refractivity contribution is 5.79. The van der Waals surface area contributed by atoms with Crippen molar-refractivity contribution in [2.45, 2.75) is 51.6 Å². The monoisotopic (exact) mass is 278 g/mol. The number of hydrogen-bond donors (Lipinski definition) is 1. The summed E-state index contributed by atoms with van der Waals surface area (Å²) in [5, 5.41) is 8.97. The summed E-state index contributed by atoms with van der Waals surface area (Å²) in [4.78, 5) is 12.1. The Balaban J connectivity index is 2.71. The lowest BCUT2D eigenvalue weighted by Gasteiger charge is -2.30. The van der Waals surface area contributed by atoms with E-state index in [0.717, 1.165) is 24.8 Å². The van der Waals surface area contributed by atoms with Gasteiger partial charge in [-0.05, 0) is 18.9 Å². The smallest absolute Gasteiger partial charge is 0.136 e. The first-order valence-electron chi connectivity index (χ1n) is 7.44. The Bertz CT molecular complexity index is 388. The zero-order valence-electron chi connectivity index (χ0n) is 12.6. The molecule has 0 aromatic heterocycles. The molecular weight excluding hydrogens is 252 g/mol. The molecule has 0 aliphatic carbocycles. The molecule has 0 radical (unpaired) electrons. The van der Waals surface area contributed by atoms with Gasteiger partial charge in [0.2, 0.25) is 0 Å². The molecule has 0 heterocycles. The third-order valence-corrected chi connectivity index (χ3v) is 3.49. The molecule has 0 spiro atoms. The second kappa shape index (κ2) is 8.88. The van der Waals surface area contributed by atoms with Gasteiger partial charge in [0, 0.05) is 12.8 Å². The van der Waals surface area contributed by atoms with Crippen molar-refractivity contribution in [2.24, 2.45) is 0 Å². The number of Topliss-reactive ketones (excluding diaryl/α,β-unsaturated/α-hetero) is 1. The van der Waals surface area contributed by atoms with Gasteiger partial charge in [0.15, 0.2) is 0 Å².